The normalized spacial score (nSPS) is 12.7. The standard InChI is InChI=1S/C17H31NO8/c1-5-14(16(19)25-12-10-23-8-6-21-3)15(18-2)17(20)26-13-11-24-9-7-22-4/h14H,5-13H2,1-4H3. The van der Waals surface area contributed by atoms with Gasteiger partial charge in [-0.05, 0) is 6.42 Å². The number of hydrogen-bond acceptors (Lipinski definition) is 9. The molecule has 1 atom stereocenters. The van der Waals surface area contributed by atoms with Gasteiger partial charge in [0.05, 0.1) is 39.6 Å². The summed E-state index contributed by atoms with van der Waals surface area (Å²) in [6.07, 6.45) is 0.371. The molecule has 0 spiro atoms. The molecule has 0 fully saturated rings. The molecule has 0 aromatic rings. The molecule has 26 heavy (non-hydrogen) atoms. The van der Waals surface area contributed by atoms with E-state index in [4.69, 9.17) is 28.4 Å². The fraction of sp³-hybridized carbons (Fsp3) is 0.824. The Bertz CT molecular complexity index is 414. The maximum absolute atomic E-state index is 12.2. The van der Waals surface area contributed by atoms with Gasteiger partial charge in [-0.2, -0.15) is 0 Å². The van der Waals surface area contributed by atoms with E-state index >= 15 is 0 Å². The third-order valence-corrected chi connectivity index (χ3v) is 3.27. The molecule has 9 heteroatoms. The van der Waals surface area contributed by atoms with E-state index < -0.39 is 17.9 Å². The molecule has 0 aliphatic carbocycles. The summed E-state index contributed by atoms with van der Waals surface area (Å²) >= 11 is 0. The highest BCUT2D eigenvalue weighted by atomic mass is 16.6. The second-order valence-corrected chi connectivity index (χ2v) is 5.08. The predicted molar refractivity (Wildman–Crippen MR) is 94.4 cm³/mol. The lowest BCUT2D eigenvalue weighted by Crippen LogP contribution is -2.33. The summed E-state index contributed by atoms with van der Waals surface area (Å²) in [5, 5.41) is 0. The maximum atomic E-state index is 12.2. The molecule has 0 saturated carbocycles. The van der Waals surface area contributed by atoms with Gasteiger partial charge in [0, 0.05) is 21.3 Å². The quantitative estimate of drug-likeness (QED) is 0.218. The molecule has 0 rings (SSSR count). The molecular formula is C17H31NO8. The Morgan fingerprint density at radius 3 is 1.77 bits per heavy atom. The van der Waals surface area contributed by atoms with Crippen molar-refractivity contribution >= 4 is 17.7 Å². The molecule has 0 bridgehead atoms. The van der Waals surface area contributed by atoms with Gasteiger partial charge < -0.3 is 28.4 Å². The van der Waals surface area contributed by atoms with Crippen LogP contribution in [-0.2, 0) is 38.0 Å². The Morgan fingerprint density at radius 1 is 0.808 bits per heavy atom. The Hall–Kier alpha value is -1.55. The van der Waals surface area contributed by atoms with Crippen molar-refractivity contribution in [3.05, 3.63) is 0 Å². The molecule has 0 aliphatic heterocycles. The molecule has 0 aromatic heterocycles. The first-order chi connectivity index (χ1) is 12.6. The Kier molecular flexibility index (Phi) is 15.9. The van der Waals surface area contributed by atoms with Gasteiger partial charge in [0.2, 0.25) is 0 Å². The average molecular weight is 377 g/mol. The van der Waals surface area contributed by atoms with Gasteiger partial charge >= 0.3 is 11.9 Å². The number of carbonyl (C=O) groups excluding carboxylic acids is 2. The molecule has 0 amide bonds. The predicted octanol–water partition coefficient (Wildman–Crippen LogP) is 0.496. The summed E-state index contributed by atoms with van der Waals surface area (Å²) in [6.45, 7) is 4.21. The van der Waals surface area contributed by atoms with Crippen molar-refractivity contribution in [1.29, 1.82) is 0 Å². The maximum Gasteiger partial charge on any atom is 0.353 e. The molecule has 0 heterocycles. The van der Waals surface area contributed by atoms with Crippen LogP contribution in [0.4, 0.5) is 0 Å². The Morgan fingerprint density at radius 2 is 1.31 bits per heavy atom. The second-order valence-electron chi connectivity index (χ2n) is 5.08. The fourth-order valence-electron chi connectivity index (χ4n) is 1.92. The van der Waals surface area contributed by atoms with Crippen LogP contribution in [0.1, 0.15) is 13.3 Å². The van der Waals surface area contributed by atoms with Crippen molar-refractivity contribution in [1.82, 2.24) is 0 Å². The van der Waals surface area contributed by atoms with Crippen molar-refractivity contribution in [2.75, 3.05) is 74.1 Å². The minimum atomic E-state index is -0.777. The van der Waals surface area contributed by atoms with Gasteiger partial charge in [-0.15, -0.1) is 0 Å². The minimum absolute atomic E-state index is 0.0368. The van der Waals surface area contributed by atoms with Crippen molar-refractivity contribution in [2.45, 2.75) is 13.3 Å². The smallest absolute Gasteiger partial charge is 0.353 e. The van der Waals surface area contributed by atoms with E-state index in [1.807, 2.05) is 0 Å². The van der Waals surface area contributed by atoms with Crippen LogP contribution in [0, 0.1) is 5.92 Å². The first-order valence-corrected chi connectivity index (χ1v) is 8.56. The molecule has 0 radical (unpaired) electrons. The van der Waals surface area contributed by atoms with Crippen molar-refractivity contribution in [2.24, 2.45) is 10.9 Å². The van der Waals surface area contributed by atoms with E-state index in [-0.39, 0.29) is 32.1 Å². The number of carbonyl (C=O) groups is 2. The van der Waals surface area contributed by atoms with Crippen LogP contribution in [0.15, 0.2) is 4.99 Å². The zero-order chi connectivity index (χ0) is 19.6. The first kappa shape index (κ1) is 24.5. The highest BCUT2D eigenvalue weighted by molar-refractivity contribution is 6.40. The monoisotopic (exact) mass is 377 g/mol. The molecule has 0 saturated heterocycles. The molecule has 1 unspecified atom stereocenters. The average Bonchev–Trinajstić information content (AvgIpc) is 2.64. The zero-order valence-electron chi connectivity index (χ0n) is 16.2. The van der Waals surface area contributed by atoms with Gasteiger partial charge in [0.25, 0.3) is 0 Å². The van der Waals surface area contributed by atoms with Crippen molar-refractivity contribution in [3.63, 3.8) is 0 Å². The number of esters is 2. The minimum Gasteiger partial charge on any atom is -0.463 e. The number of aliphatic imine (C=N–C) groups is 1. The third-order valence-electron chi connectivity index (χ3n) is 3.27. The van der Waals surface area contributed by atoms with Gasteiger partial charge in [-0.25, -0.2) is 4.79 Å². The third kappa shape index (κ3) is 11.1. The summed E-state index contributed by atoms with van der Waals surface area (Å²) in [6, 6.07) is 0. The molecule has 152 valence electrons. The highest BCUT2D eigenvalue weighted by Crippen LogP contribution is 2.10. The summed E-state index contributed by atoms with van der Waals surface area (Å²) in [5.74, 6) is -1.96. The number of methoxy groups -OCH3 is 2. The van der Waals surface area contributed by atoms with E-state index in [1.165, 1.54) is 7.05 Å². The number of ether oxygens (including phenoxy) is 6. The van der Waals surface area contributed by atoms with E-state index in [2.05, 4.69) is 4.99 Å². The number of hydrogen-bond donors (Lipinski definition) is 0. The van der Waals surface area contributed by atoms with Gasteiger partial charge in [0.15, 0.2) is 0 Å². The van der Waals surface area contributed by atoms with Crippen LogP contribution >= 0.6 is 0 Å². The van der Waals surface area contributed by atoms with E-state index in [0.29, 0.717) is 32.8 Å². The van der Waals surface area contributed by atoms with E-state index in [9.17, 15) is 9.59 Å². The lowest BCUT2D eigenvalue weighted by molar-refractivity contribution is -0.149. The van der Waals surface area contributed by atoms with Crippen LogP contribution < -0.4 is 0 Å². The van der Waals surface area contributed by atoms with Crippen LogP contribution in [0.2, 0.25) is 0 Å². The zero-order valence-corrected chi connectivity index (χ0v) is 16.2. The van der Waals surface area contributed by atoms with Crippen LogP contribution in [0.5, 0.6) is 0 Å². The Labute approximate surface area is 154 Å². The SMILES string of the molecule is CCC(C(=O)OCCOCCOC)C(=NC)C(=O)OCCOCCOC. The lowest BCUT2D eigenvalue weighted by Gasteiger charge is -2.16. The fourth-order valence-corrected chi connectivity index (χ4v) is 1.92. The lowest BCUT2D eigenvalue weighted by atomic mass is 10.0. The second kappa shape index (κ2) is 16.9. The van der Waals surface area contributed by atoms with Gasteiger partial charge in [-0.1, -0.05) is 6.92 Å². The first-order valence-electron chi connectivity index (χ1n) is 8.56. The van der Waals surface area contributed by atoms with E-state index in [0.717, 1.165) is 0 Å². The summed E-state index contributed by atoms with van der Waals surface area (Å²) in [4.78, 5) is 28.2. The summed E-state index contributed by atoms with van der Waals surface area (Å²) < 4.78 is 30.4. The van der Waals surface area contributed by atoms with Crippen molar-refractivity contribution in [3.8, 4) is 0 Å². The largest absolute Gasteiger partial charge is 0.463 e. The molecule has 0 aliphatic rings. The van der Waals surface area contributed by atoms with Crippen LogP contribution in [0.3, 0.4) is 0 Å². The molecule has 9 nitrogen and oxygen atoms in total. The van der Waals surface area contributed by atoms with Gasteiger partial charge in [0.1, 0.15) is 24.8 Å². The Balaban J connectivity index is 4.26. The molecule has 0 aromatic carbocycles. The van der Waals surface area contributed by atoms with E-state index in [1.54, 1.807) is 21.1 Å². The number of rotatable bonds is 16. The van der Waals surface area contributed by atoms with Crippen LogP contribution in [-0.4, -0.2) is 91.8 Å². The van der Waals surface area contributed by atoms with Crippen LogP contribution in [0.25, 0.3) is 0 Å². The molecular weight excluding hydrogens is 346 g/mol. The molecule has 0 N–H and O–H groups in total. The highest BCUT2D eigenvalue weighted by Gasteiger charge is 2.30. The summed E-state index contributed by atoms with van der Waals surface area (Å²) in [7, 11) is 4.59. The van der Waals surface area contributed by atoms with Crippen molar-refractivity contribution < 1.29 is 38.0 Å². The number of nitrogens with zero attached hydrogens (tertiary/aromatic N) is 1. The van der Waals surface area contributed by atoms with Gasteiger partial charge in [-0.3, -0.25) is 9.79 Å². The summed E-state index contributed by atoms with van der Waals surface area (Å²) in [5.41, 5.74) is 0.0368. The topological polar surface area (TPSA) is 102 Å².